The zero-order chi connectivity index (χ0) is 27.9. The Balaban J connectivity index is 1.38. The molecule has 6 rings (SSSR count). The third kappa shape index (κ3) is 3.59. The summed E-state index contributed by atoms with van der Waals surface area (Å²) in [5.41, 5.74) is 2.70. The Morgan fingerprint density at radius 3 is 2.62 bits per heavy atom. The van der Waals surface area contributed by atoms with Gasteiger partial charge in [0.05, 0.1) is 17.5 Å². The maximum Gasteiger partial charge on any atom is 0.303 e. The number of rotatable bonds is 4. The van der Waals surface area contributed by atoms with Gasteiger partial charge in [0.15, 0.2) is 6.61 Å². The predicted octanol–water partition coefficient (Wildman–Crippen LogP) is 4.30. The highest BCUT2D eigenvalue weighted by molar-refractivity contribution is 5.91. The van der Waals surface area contributed by atoms with Gasteiger partial charge in [0.1, 0.15) is 5.60 Å². The number of carbonyl (C=O) groups excluding carboxylic acids is 2. The van der Waals surface area contributed by atoms with E-state index in [1.54, 1.807) is 0 Å². The fourth-order valence-corrected chi connectivity index (χ4v) is 8.98. The van der Waals surface area contributed by atoms with Gasteiger partial charge in [-0.15, -0.1) is 0 Å². The number of aliphatic hydroxyl groups is 2. The van der Waals surface area contributed by atoms with Crippen LogP contribution in [0, 0.1) is 34.5 Å². The van der Waals surface area contributed by atoms with Gasteiger partial charge < -0.3 is 14.9 Å². The minimum absolute atomic E-state index is 0.00428. The lowest BCUT2D eigenvalue weighted by atomic mass is 9.46. The fraction of sp³-hybridized carbons (Fsp3) is 0.531. The number of ether oxygens (including phenoxy) is 1. The molecule has 2 saturated carbocycles. The van der Waals surface area contributed by atoms with E-state index in [4.69, 9.17) is 9.84 Å². The van der Waals surface area contributed by atoms with Crippen LogP contribution in [0.2, 0.25) is 0 Å². The molecule has 7 heteroatoms. The van der Waals surface area contributed by atoms with Gasteiger partial charge in [-0.2, -0.15) is 5.10 Å². The Morgan fingerprint density at radius 1 is 1.21 bits per heavy atom. The highest BCUT2D eigenvalue weighted by atomic mass is 16.5. The minimum atomic E-state index is -1.67. The van der Waals surface area contributed by atoms with Crippen molar-refractivity contribution in [1.82, 2.24) is 9.78 Å². The summed E-state index contributed by atoms with van der Waals surface area (Å²) in [7, 11) is 0. The van der Waals surface area contributed by atoms with Crippen LogP contribution in [-0.4, -0.2) is 50.1 Å². The Hall–Kier alpha value is -3.03. The molecular formula is C32H38N2O5. The molecule has 7 nitrogen and oxygen atoms in total. The van der Waals surface area contributed by atoms with Gasteiger partial charge in [-0.3, -0.25) is 9.59 Å². The van der Waals surface area contributed by atoms with E-state index in [1.165, 1.54) is 18.1 Å². The smallest absolute Gasteiger partial charge is 0.303 e. The van der Waals surface area contributed by atoms with Crippen LogP contribution in [0.4, 0.5) is 0 Å². The average molecular weight is 531 g/mol. The molecule has 206 valence electrons. The number of fused-ring (bicyclic) bond motifs is 6. The first-order chi connectivity index (χ1) is 18.4. The first-order valence-electron chi connectivity index (χ1n) is 14.0. The summed E-state index contributed by atoms with van der Waals surface area (Å²) in [5.74, 6) is -1.38. The average Bonchev–Trinajstić information content (AvgIpc) is 3.38. The number of aliphatic hydroxyl groups excluding tert-OH is 1. The van der Waals surface area contributed by atoms with Crippen molar-refractivity contribution in [2.75, 3.05) is 6.61 Å². The molecule has 4 aliphatic rings. The van der Waals surface area contributed by atoms with E-state index in [0.717, 1.165) is 23.4 Å². The molecule has 0 radical (unpaired) electrons. The molecule has 2 fully saturated rings. The minimum Gasteiger partial charge on any atom is -0.458 e. The molecule has 2 N–H and O–H groups in total. The van der Waals surface area contributed by atoms with Crippen LogP contribution >= 0.6 is 0 Å². The second kappa shape index (κ2) is 8.73. The van der Waals surface area contributed by atoms with Crippen molar-refractivity contribution in [3.63, 3.8) is 0 Å². The molecule has 39 heavy (non-hydrogen) atoms. The van der Waals surface area contributed by atoms with Gasteiger partial charge in [-0.05, 0) is 73.3 Å². The summed E-state index contributed by atoms with van der Waals surface area (Å²) in [6.45, 7) is 9.07. The Kier molecular flexibility index (Phi) is 5.87. The van der Waals surface area contributed by atoms with Crippen molar-refractivity contribution in [3.05, 3.63) is 65.0 Å². The second-order valence-electron chi connectivity index (χ2n) is 12.8. The van der Waals surface area contributed by atoms with Crippen molar-refractivity contribution in [2.24, 2.45) is 34.5 Å². The second-order valence-corrected chi connectivity index (χ2v) is 12.8. The zero-order valence-corrected chi connectivity index (χ0v) is 23.3. The molecule has 0 saturated heterocycles. The van der Waals surface area contributed by atoms with E-state index >= 15 is 0 Å². The van der Waals surface area contributed by atoms with Gasteiger partial charge in [-0.1, -0.05) is 50.6 Å². The molecule has 0 amide bonds. The van der Waals surface area contributed by atoms with Crippen LogP contribution in [0.1, 0.15) is 58.7 Å². The van der Waals surface area contributed by atoms with Crippen LogP contribution in [0.3, 0.4) is 0 Å². The van der Waals surface area contributed by atoms with Gasteiger partial charge in [0, 0.05) is 29.9 Å². The van der Waals surface area contributed by atoms with Crippen LogP contribution in [0.5, 0.6) is 0 Å². The predicted molar refractivity (Wildman–Crippen MR) is 147 cm³/mol. The number of para-hydroxylation sites is 1. The van der Waals surface area contributed by atoms with Crippen molar-refractivity contribution in [2.45, 2.75) is 65.6 Å². The van der Waals surface area contributed by atoms with E-state index in [2.05, 4.69) is 32.2 Å². The van der Waals surface area contributed by atoms with Gasteiger partial charge in [0.2, 0.25) is 5.78 Å². The van der Waals surface area contributed by atoms with E-state index < -0.39 is 35.5 Å². The summed E-state index contributed by atoms with van der Waals surface area (Å²) in [6.07, 6.45) is 7.61. The molecule has 2 aromatic rings. The van der Waals surface area contributed by atoms with Crippen molar-refractivity contribution in [3.8, 4) is 5.69 Å². The molecule has 1 aromatic heterocycles. The van der Waals surface area contributed by atoms with E-state index in [1.807, 2.05) is 48.9 Å². The number of allylic oxidation sites excluding steroid dienone is 3. The van der Waals surface area contributed by atoms with E-state index in [9.17, 15) is 19.8 Å². The summed E-state index contributed by atoms with van der Waals surface area (Å²) >= 11 is 0. The quantitative estimate of drug-likeness (QED) is 0.572. The van der Waals surface area contributed by atoms with Crippen LogP contribution in [0.15, 0.2) is 53.8 Å². The monoisotopic (exact) mass is 530 g/mol. The number of carbonyl (C=O) groups is 2. The first-order valence-corrected chi connectivity index (χ1v) is 14.0. The molecule has 1 heterocycles. The summed E-state index contributed by atoms with van der Waals surface area (Å²) < 4.78 is 6.95. The highest BCUT2D eigenvalue weighted by Gasteiger charge is 2.70. The highest BCUT2D eigenvalue weighted by Crippen LogP contribution is 2.68. The van der Waals surface area contributed by atoms with Gasteiger partial charge in [0.25, 0.3) is 0 Å². The number of esters is 1. The van der Waals surface area contributed by atoms with Crippen LogP contribution in [-0.2, 0) is 20.7 Å². The number of hydrogen-bond donors (Lipinski definition) is 2. The first kappa shape index (κ1) is 26.2. The number of ketones is 1. The Bertz CT molecular complexity index is 1410. The number of Topliss-reactive ketones (excluding diaryl/α,β-unsaturated/α-hetero) is 1. The maximum atomic E-state index is 13.4. The van der Waals surface area contributed by atoms with Crippen molar-refractivity contribution in [1.29, 1.82) is 0 Å². The Morgan fingerprint density at radius 2 is 1.92 bits per heavy atom. The molecule has 1 aromatic carbocycles. The van der Waals surface area contributed by atoms with Crippen LogP contribution < -0.4 is 0 Å². The lowest BCUT2D eigenvalue weighted by Crippen LogP contribution is -2.62. The lowest BCUT2D eigenvalue weighted by molar-refractivity contribution is -0.182. The van der Waals surface area contributed by atoms with E-state index in [-0.39, 0.29) is 29.1 Å². The molecule has 4 aliphatic carbocycles. The Labute approximate surface area is 229 Å². The molecule has 0 unspecified atom stereocenters. The SMILES string of the molecule is CC(=O)OCC(=O)[C@]1(O)[C@H](C)C[C@@H]2[C@@H]3C=C(C)C4=Cc5nn(-c6ccccc6)cc5C[C@]4(C)[C@@H]3[C@H](O)C[C@]21C. The number of aromatic nitrogens is 2. The summed E-state index contributed by atoms with van der Waals surface area (Å²) in [6, 6.07) is 10.1. The third-order valence-electron chi connectivity index (χ3n) is 10.7. The number of benzene rings is 1. The van der Waals surface area contributed by atoms with Crippen molar-refractivity contribution >= 4 is 17.8 Å². The van der Waals surface area contributed by atoms with Gasteiger partial charge >= 0.3 is 5.97 Å². The summed E-state index contributed by atoms with van der Waals surface area (Å²) in [4.78, 5) is 24.8. The molecule has 8 atom stereocenters. The van der Waals surface area contributed by atoms with E-state index in [0.29, 0.717) is 12.8 Å². The number of nitrogens with zero attached hydrogens (tertiary/aromatic N) is 2. The maximum absolute atomic E-state index is 13.4. The topological polar surface area (TPSA) is 102 Å². The number of hydrogen-bond acceptors (Lipinski definition) is 6. The largest absolute Gasteiger partial charge is 0.458 e. The fourth-order valence-electron chi connectivity index (χ4n) is 8.98. The van der Waals surface area contributed by atoms with Crippen molar-refractivity contribution < 1.29 is 24.5 Å². The normalized spacial score (nSPS) is 38.5. The van der Waals surface area contributed by atoms with Gasteiger partial charge in [-0.25, -0.2) is 4.68 Å². The third-order valence-corrected chi connectivity index (χ3v) is 10.7. The molecule has 0 spiro atoms. The zero-order valence-electron chi connectivity index (χ0n) is 23.3. The lowest BCUT2D eigenvalue weighted by Gasteiger charge is -2.59. The molecule has 0 bridgehead atoms. The molecular weight excluding hydrogens is 492 g/mol. The van der Waals surface area contributed by atoms with Crippen LogP contribution in [0.25, 0.3) is 11.8 Å². The standard InChI is InChI=1S/C32H38N2O5/c1-18-11-23-25-12-19(2)32(38,28(37)17-39-20(3)35)31(25,5)15-27(36)29(23)30(4)14-21-16-34(22-9-7-6-8-10-22)33-26(21)13-24(18)30/h6-11,13,16,19,23,25,27,29,36,38H,12,14-15,17H2,1-5H3/t19-,23+,25-,27-,29+,30+,31-,32-/m1/s1. The molecule has 0 aliphatic heterocycles. The summed E-state index contributed by atoms with van der Waals surface area (Å²) in [5, 5.41) is 28.8.